The topological polar surface area (TPSA) is 91.6 Å². The van der Waals surface area contributed by atoms with Crippen molar-refractivity contribution in [1.82, 2.24) is 20.1 Å². The van der Waals surface area contributed by atoms with E-state index in [0.717, 1.165) is 17.7 Å². The summed E-state index contributed by atoms with van der Waals surface area (Å²) in [5.41, 5.74) is 8.29. The molecule has 0 atom stereocenters. The van der Waals surface area contributed by atoms with Crippen molar-refractivity contribution in [2.75, 3.05) is 32.9 Å². The quantitative estimate of drug-likeness (QED) is 0.644. The molecule has 2 aromatic rings. The first-order valence-corrected chi connectivity index (χ1v) is 10.5. The minimum atomic E-state index is -0.314. The molecule has 0 bridgehead atoms. The minimum absolute atomic E-state index is 0.0726. The van der Waals surface area contributed by atoms with Crippen LogP contribution < -0.4 is 11.1 Å². The number of hydrogen-bond acceptors (Lipinski definition) is 6. The Labute approximate surface area is 176 Å². The van der Waals surface area contributed by atoms with E-state index in [1.807, 2.05) is 56.6 Å². The Kier molecular flexibility index (Phi) is 7.75. The van der Waals surface area contributed by atoms with Crippen molar-refractivity contribution < 1.29 is 9.59 Å². The number of likely N-dealkylation sites (N-methyl/N-ethyl adjacent to an activating group) is 1. The molecule has 0 aliphatic carbocycles. The monoisotopic (exact) mass is 417 g/mol. The van der Waals surface area contributed by atoms with Gasteiger partial charge in [-0.25, -0.2) is 4.79 Å². The molecule has 0 spiro atoms. The van der Waals surface area contributed by atoms with Gasteiger partial charge in [0.15, 0.2) is 5.78 Å². The molecule has 29 heavy (non-hydrogen) atoms. The van der Waals surface area contributed by atoms with Crippen molar-refractivity contribution in [2.45, 2.75) is 39.3 Å². The van der Waals surface area contributed by atoms with Gasteiger partial charge >= 0.3 is 6.03 Å². The van der Waals surface area contributed by atoms with E-state index in [2.05, 4.69) is 10.3 Å². The Bertz CT molecular complexity index is 824. The van der Waals surface area contributed by atoms with Crippen LogP contribution in [0.4, 0.5) is 10.5 Å². The summed E-state index contributed by atoms with van der Waals surface area (Å²) in [4.78, 5) is 33.2. The van der Waals surface area contributed by atoms with Crippen LogP contribution >= 0.6 is 11.3 Å². The molecule has 7 nitrogen and oxygen atoms in total. The lowest BCUT2D eigenvalue weighted by Gasteiger charge is -2.29. The maximum atomic E-state index is 12.7. The molecule has 0 unspecified atom stereocenters. The maximum absolute atomic E-state index is 12.7. The van der Waals surface area contributed by atoms with Crippen LogP contribution in [0.25, 0.3) is 0 Å². The molecule has 3 N–H and O–H groups in total. The number of rotatable bonds is 8. The van der Waals surface area contributed by atoms with Crippen molar-refractivity contribution in [3.63, 3.8) is 0 Å². The predicted molar refractivity (Wildman–Crippen MR) is 118 cm³/mol. The molecule has 0 fully saturated rings. The summed E-state index contributed by atoms with van der Waals surface area (Å²) in [6.45, 7) is 7.64. The zero-order valence-electron chi connectivity index (χ0n) is 17.9. The van der Waals surface area contributed by atoms with E-state index in [-0.39, 0.29) is 23.8 Å². The Morgan fingerprint density at radius 3 is 2.41 bits per heavy atom. The molecule has 2 aromatic heterocycles. The second-order valence-corrected chi connectivity index (χ2v) is 9.15. The zero-order valence-corrected chi connectivity index (χ0v) is 18.7. The first kappa shape index (κ1) is 22.8. The van der Waals surface area contributed by atoms with Gasteiger partial charge in [0.1, 0.15) is 5.69 Å². The second-order valence-electron chi connectivity index (χ2n) is 8.41. The van der Waals surface area contributed by atoms with Crippen LogP contribution in [0.15, 0.2) is 29.1 Å². The SMILES string of the molecule is CN(C)CCN(Cc1ccc(C(=O)Cc2cscc2N)nc1)C(=O)NC(C)(C)C. The highest BCUT2D eigenvalue weighted by Gasteiger charge is 2.20. The molecule has 0 radical (unpaired) electrons. The van der Waals surface area contributed by atoms with Crippen LogP contribution in [-0.2, 0) is 13.0 Å². The van der Waals surface area contributed by atoms with Gasteiger partial charge in [-0.2, -0.15) is 0 Å². The standard InChI is InChI=1S/C21H31N5O2S/c1-21(2,3)24-20(28)26(9-8-25(4)5)12-15-6-7-18(23-11-15)19(27)10-16-13-29-14-17(16)22/h6-7,11,13-14H,8-10,12,22H2,1-5H3,(H,24,28). The largest absolute Gasteiger partial charge is 0.398 e. The molecule has 8 heteroatoms. The van der Waals surface area contributed by atoms with Crippen molar-refractivity contribution in [1.29, 1.82) is 0 Å². The molecule has 158 valence electrons. The number of anilines is 1. The molecule has 0 saturated carbocycles. The average Bonchev–Trinajstić information content (AvgIpc) is 3.02. The van der Waals surface area contributed by atoms with E-state index in [1.54, 1.807) is 17.2 Å². The fraction of sp³-hybridized carbons (Fsp3) is 0.476. The Hall–Kier alpha value is -2.45. The van der Waals surface area contributed by atoms with Crippen LogP contribution in [0.5, 0.6) is 0 Å². The lowest BCUT2D eigenvalue weighted by atomic mass is 10.1. The molecular formula is C21H31N5O2S. The van der Waals surface area contributed by atoms with Gasteiger partial charge in [-0.1, -0.05) is 6.07 Å². The molecular weight excluding hydrogens is 386 g/mol. The van der Waals surface area contributed by atoms with E-state index < -0.39 is 0 Å². The highest BCUT2D eigenvalue weighted by Crippen LogP contribution is 2.19. The first-order chi connectivity index (χ1) is 13.5. The molecule has 0 aromatic carbocycles. The molecule has 0 saturated heterocycles. The third-order valence-electron chi connectivity index (χ3n) is 4.20. The number of thiophene rings is 1. The lowest BCUT2D eigenvalue weighted by molar-refractivity contribution is 0.0988. The number of nitrogen functional groups attached to an aromatic ring is 1. The number of hydrogen-bond donors (Lipinski definition) is 2. The normalized spacial score (nSPS) is 11.5. The summed E-state index contributed by atoms with van der Waals surface area (Å²) in [6, 6.07) is 3.45. The second kappa shape index (κ2) is 9.84. The van der Waals surface area contributed by atoms with E-state index >= 15 is 0 Å². The fourth-order valence-corrected chi connectivity index (χ4v) is 3.37. The number of nitrogens with two attached hydrogens (primary N) is 1. The number of nitrogens with one attached hydrogen (secondary N) is 1. The number of nitrogens with zero attached hydrogens (tertiary/aromatic N) is 3. The van der Waals surface area contributed by atoms with Crippen LogP contribution in [0.1, 0.15) is 42.4 Å². The summed E-state index contributed by atoms with van der Waals surface area (Å²) >= 11 is 1.48. The average molecular weight is 418 g/mol. The Balaban J connectivity index is 2.05. The highest BCUT2D eigenvalue weighted by molar-refractivity contribution is 7.08. The van der Waals surface area contributed by atoms with Crippen molar-refractivity contribution >= 4 is 28.8 Å². The highest BCUT2D eigenvalue weighted by atomic mass is 32.1. The fourth-order valence-electron chi connectivity index (χ4n) is 2.62. The van der Waals surface area contributed by atoms with Crippen LogP contribution in [-0.4, -0.2) is 59.3 Å². The Morgan fingerprint density at radius 1 is 1.17 bits per heavy atom. The predicted octanol–water partition coefficient (Wildman–Crippen LogP) is 3.02. The number of Topliss-reactive ketones (excluding diaryl/α,β-unsaturated/α-hetero) is 1. The van der Waals surface area contributed by atoms with Gasteiger partial charge in [-0.15, -0.1) is 11.3 Å². The number of aromatic nitrogens is 1. The molecule has 0 aliphatic heterocycles. The van der Waals surface area contributed by atoms with Crippen LogP contribution in [0.2, 0.25) is 0 Å². The zero-order chi connectivity index (χ0) is 21.6. The van der Waals surface area contributed by atoms with Crippen molar-refractivity contribution in [2.24, 2.45) is 0 Å². The number of carbonyl (C=O) groups excluding carboxylic acids is 2. The van der Waals surface area contributed by atoms with Gasteiger partial charge in [0.25, 0.3) is 0 Å². The summed E-state index contributed by atoms with van der Waals surface area (Å²) in [7, 11) is 3.95. The molecule has 2 amide bonds. The van der Waals surface area contributed by atoms with E-state index in [0.29, 0.717) is 24.5 Å². The van der Waals surface area contributed by atoms with Gasteiger partial charge in [0, 0.05) is 48.9 Å². The van der Waals surface area contributed by atoms with Gasteiger partial charge in [0.05, 0.1) is 0 Å². The Morgan fingerprint density at radius 2 is 1.90 bits per heavy atom. The summed E-state index contributed by atoms with van der Waals surface area (Å²) in [5, 5.41) is 6.72. The van der Waals surface area contributed by atoms with Gasteiger partial charge in [-0.05, 0) is 57.4 Å². The lowest BCUT2D eigenvalue weighted by Crippen LogP contribution is -2.49. The number of pyridine rings is 1. The van der Waals surface area contributed by atoms with E-state index in [1.165, 1.54) is 11.3 Å². The van der Waals surface area contributed by atoms with E-state index in [4.69, 9.17) is 5.73 Å². The summed E-state index contributed by atoms with van der Waals surface area (Å²) in [6.07, 6.45) is 1.90. The van der Waals surface area contributed by atoms with Crippen LogP contribution in [0.3, 0.4) is 0 Å². The third-order valence-corrected chi connectivity index (χ3v) is 5.01. The number of urea groups is 1. The van der Waals surface area contributed by atoms with Crippen molar-refractivity contribution in [3.05, 3.63) is 45.9 Å². The first-order valence-electron chi connectivity index (χ1n) is 9.55. The number of ketones is 1. The van der Waals surface area contributed by atoms with Crippen LogP contribution in [0, 0.1) is 0 Å². The van der Waals surface area contributed by atoms with Gasteiger partial charge in [0.2, 0.25) is 0 Å². The summed E-state index contributed by atoms with van der Waals surface area (Å²) in [5.74, 6) is -0.0726. The van der Waals surface area contributed by atoms with Crippen molar-refractivity contribution in [3.8, 4) is 0 Å². The van der Waals surface area contributed by atoms with Gasteiger partial charge < -0.3 is 20.9 Å². The smallest absolute Gasteiger partial charge is 0.318 e. The molecule has 2 heterocycles. The van der Waals surface area contributed by atoms with E-state index in [9.17, 15) is 9.59 Å². The summed E-state index contributed by atoms with van der Waals surface area (Å²) < 4.78 is 0. The minimum Gasteiger partial charge on any atom is -0.398 e. The molecule has 0 aliphatic rings. The van der Waals surface area contributed by atoms with Gasteiger partial charge in [-0.3, -0.25) is 9.78 Å². The molecule has 2 rings (SSSR count). The maximum Gasteiger partial charge on any atom is 0.318 e. The number of carbonyl (C=O) groups is 2. The number of amides is 2. The third kappa shape index (κ3) is 7.47.